The fourth-order valence-corrected chi connectivity index (χ4v) is 5.45. The van der Waals surface area contributed by atoms with E-state index in [-0.39, 0.29) is 6.04 Å². The number of aliphatic carboxylic acids is 2. The zero-order valence-electron chi connectivity index (χ0n) is 17.6. The van der Waals surface area contributed by atoms with Crippen LogP contribution in [0.1, 0.15) is 17.2 Å². The van der Waals surface area contributed by atoms with Crippen molar-refractivity contribution in [1.82, 2.24) is 9.80 Å². The van der Waals surface area contributed by atoms with E-state index in [9.17, 15) is 13.8 Å². The molecule has 2 aliphatic heterocycles. The minimum Gasteiger partial charge on any atom is -0.478 e. The summed E-state index contributed by atoms with van der Waals surface area (Å²) in [5.41, 5.74) is 2.31. The number of fused-ring (bicyclic) bond motifs is 2. The highest BCUT2D eigenvalue weighted by atomic mass is 35.5. The molecule has 32 heavy (non-hydrogen) atoms. The van der Waals surface area contributed by atoms with Crippen molar-refractivity contribution in [3.8, 4) is 0 Å². The van der Waals surface area contributed by atoms with Crippen molar-refractivity contribution < 1.29 is 24.0 Å². The molecule has 0 bridgehead atoms. The first-order valence-electron chi connectivity index (χ1n) is 10.1. The van der Waals surface area contributed by atoms with Crippen molar-refractivity contribution in [3.05, 3.63) is 70.8 Å². The third kappa shape index (κ3) is 6.04. The van der Waals surface area contributed by atoms with E-state index >= 15 is 0 Å². The van der Waals surface area contributed by atoms with Crippen LogP contribution in [0.15, 0.2) is 64.4 Å². The summed E-state index contributed by atoms with van der Waals surface area (Å²) in [5.74, 6) is -2.51. The number of likely N-dealkylation sites (N-methyl/N-ethyl adjacent to an activating group) is 1. The van der Waals surface area contributed by atoms with E-state index in [1.54, 1.807) is 0 Å². The molecule has 0 saturated carbocycles. The zero-order valence-corrected chi connectivity index (χ0v) is 19.2. The lowest BCUT2D eigenvalue weighted by atomic mass is 9.96. The number of hydrogen-bond acceptors (Lipinski definition) is 5. The largest absolute Gasteiger partial charge is 0.478 e. The Balaban J connectivity index is 0.000000312. The van der Waals surface area contributed by atoms with Crippen LogP contribution in [0.5, 0.6) is 0 Å². The van der Waals surface area contributed by atoms with E-state index in [1.165, 1.54) is 5.56 Å². The van der Waals surface area contributed by atoms with E-state index in [2.05, 4.69) is 22.9 Å². The van der Waals surface area contributed by atoms with Crippen molar-refractivity contribution in [2.24, 2.45) is 0 Å². The summed E-state index contributed by atoms with van der Waals surface area (Å²) < 4.78 is 13.2. The molecule has 2 aliphatic rings. The van der Waals surface area contributed by atoms with Gasteiger partial charge in [0.2, 0.25) is 0 Å². The second-order valence-electron chi connectivity index (χ2n) is 7.63. The number of carbonyl (C=O) groups is 2. The Hall–Kier alpha value is -2.52. The summed E-state index contributed by atoms with van der Waals surface area (Å²) in [7, 11) is 1.02. The predicted octanol–water partition coefficient (Wildman–Crippen LogP) is 3.06. The molecule has 0 radical (unpaired) electrons. The molecule has 0 spiro atoms. The van der Waals surface area contributed by atoms with Gasteiger partial charge in [0.15, 0.2) is 0 Å². The van der Waals surface area contributed by atoms with Gasteiger partial charge in [0.1, 0.15) is 0 Å². The Kier molecular flexibility index (Phi) is 8.20. The number of halogens is 1. The van der Waals surface area contributed by atoms with Gasteiger partial charge in [-0.2, -0.15) is 0 Å². The average Bonchev–Trinajstić information content (AvgIpc) is 2.88. The molecule has 2 unspecified atom stereocenters. The van der Waals surface area contributed by atoms with Crippen LogP contribution in [0.4, 0.5) is 0 Å². The molecular formula is C23H25ClN2O5S. The van der Waals surface area contributed by atoms with Crippen LogP contribution in [0.25, 0.3) is 0 Å². The van der Waals surface area contributed by atoms with E-state index in [0.717, 1.165) is 53.0 Å². The highest BCUT2D eigenvalue weighted by Crippen LogP contribution is 2.38. The van der Waals surface area contributed by atoms with E-state index in [4.69, 9.17) is 21.8 Å². The smallest absolute Gasteiger partial charge is 0.328 e. The minimum absolute atomic E-state index is 0.236. The van der Waals surface area contributed by atoms with Crippen LogP contribution in [-0.2, 0) is 26.8 Å². The minimum atomic E-state index is -1.26. The number of hydrogen-bond donors (Lipinski definition) is 2. The van der Waals surface area contributed by atoms with Crippen molar-refractivity contribution >= 4 is 34.3 Å². The third-order valence-corrected chi connectivity index (χ3v) is 7.27. The Morgan fingerprint density at radius 2 is 1.62 bits per heavy atom. The van der Waals surface area contributed by atoms with Gasteiger partial charge in [0.25, 0.3) is 0 Å². The number of carboxylic acid groups (broad SMARTS) is 2. The molecule has 0 aromatic heterocycles. The summed E-state index contributed by atoms with van der Waals surface area (Å²) in [5, 5.41) is 16.3. The van der Waals surface area contributed by atoms with Crippen molar-refractivity contribution in [2.45, 2.75) is 22.3 Å². The monoisotopic (exact) mass is 476 g/mol. The summed E-state index contributed by atoms with van der Waals surface area (Å²) in [4.78, 5) is 25.8. The van der Waals surface area contributed by atoms with Crippen LogP contribution in [-0.4, -0.2) is 69.4 Å². The first kappa shape index (κ1) is 24.1. The maximum atomic E-state index is 13.2. The fraction of sp³-hybridized carbons (Fsp3) is 0.304. The quantitative estimate of drug-likeness (QED) is 0.657. The van der Waals surface area contributed by atoms with Gasteiger partial charge in [0, 0.05) is 59.2 Å². The van der Waals surface area contributed by atoms with Gasteiger partial charge < -0.3 is 15.1 Å². The number of rotatable bonds is 3. The van der Waals surface area contributed by atoms with Crippen LogP contribution in [0.2, 0.25) is 5.02 Å². The molecule has 9 heteroatoms. The van der Waals surface area contributed by atoms with Crippen molar-refractivity contribution in [2.75, 3.05) is 33.2 Å². The highest BCUT2D eigenvalue weighted by Gasteiger charge is 2.31. The highest BCUT2D eigenvalue weighted by molar-refractivity contribution is 7.85. The molecule has 2 aromatic carbocycles. The van der Waals surface area contributed by atoms with Gasteiger partial charge in [-0.05, 0) is 48.9 Å². The summed E-state index contributed by atoms with van der Waals surface area (Å²) in [6.07, 6.45) is 2.00. The molecule has 1 saturated heterocycles. The maximum absolute atomic E-state index is 13.2. The molecule has 170 valence electrons. The van der Waals surface area contributed by atoms with Crippen LogP contribution >= 0.6 is 11.6 Å². The van der Waals surface area contributed by atoms with Gasteiger partial charge in [0.05, 0.1) is 10.8 Å². The normalized spacial score (nSPS) is 21.1. The van der Waals surface area contributed by atoms with Gasteiger partial charge in [-0.15, -0.1) is 0 Å². The Morgan fingerprint density at radius 1 is 1.00 bits per heavy atom. The number of benzene rings is 2. The summed E-state index contributed by atoms with van der Waals surface area (Å²) in [6.45, 7) is 4.19. The first-order valence-corrected chi connectivity index (χ1v) is 11.6. The molecular weight excluding hydrogens is 452 g/mol. The lowest BCUT2D eigenvalue weighted by molar-refractivity contribution is -0.134. The molecule has 0 amide bonds. The molecule has 2 atom stereocenters. The van der Waals surface area contributed by atoms with Gasteiger partial charge >= 0.3 is 11.9 Å². The topological polar surface area (TPSA) is 98.2 Å². The van der Waals surface area contributed by atoms with Crippen LogP contribution in [0.3, 0.4) is 0 Å². The lowest BCUT2D eigenvalue weighted by Crippen LogP contribution is -2.46. The third-order valence-electron chi connectivity index (χ3n) is 5.46. The molecule has 4 rings (SSSR count). The van der Waals surface area contributed by atoms with Crippen molar-refractivity contribution in [1.29, 1.82) is 0 Å². The van der Waals surface area contributed by atoms with Crippen LogP contribution < -0.4 is 0 Å². The molecule has 2 heterocycles. The fourth-order valence-electron chi connectivity index (χ4n) is 3.84. The van der Waals surface area contributed by atoms with Gasteiger partial charge in [-0.25, -0.2) is 13.8 Å². The van der Waals surface area contributed by atoms with E-state index in [1.807, 2.05) is 36.4 Å². The Morgan fingerprint density at radius 3 is 2.25 bits per heavy atom. The standard InChI is InChI=1S/C19H21ClN2OS.C4H4O4/c1-21-8-10-22(11-9-21)17-12-14-4-2-3-5-18(14)24(23)19-7-6-15(20)13-16(17)19;5-3(6)1-2-4(7)8/h2-7,13,17H,8-12H2,1H3;1-2H,(H,5,6)(H,7,8)/b;2-1+. The molecule has 7 nitrogen and oxygen atoms in total. The summed E-state index contributed by atoms with van der Waals surface area (Å²) >= 11 is 6.29. The average molecular weight is 477 g/mol. The first-order chi connectivity index (χ1) is 15.3. The van der Waals surface area contributed by atoms with Crippen LogP contribution in [0, 0.1) is 0 Å². The van der Waals surface area contributed by atoms with E-state index < -0.39 is 22.7 Å². The number of nitrogens with zero attached hydrogens (tertiary/aromatic N) is 2. The lowest BCUT2D eigenvalue weighted by Gasteiger charge is -2.38. The molecule has 1 fully saturated rings. The maximum Gasteiger partial charge on any atom is 0.328 e. The van der Waals surface area contributed by atoms with Crippen molar-refractivity contribution in [3.63, 3.8) is 0 Å². The molecule has 2 N–H and O–H groups in total. The number of carboxylic acids is 2. The zero-order chi connectivity index (χ0) is 23.3. The molecule has 2 aromatic rings. The Labute approximate surface area is 194 Å². The second kappa shape index (κ2) is 10.9. The number of piperazine rings is 1. The van der Waals surface area contributed by atoms with Gasteiger partial charge in [-0.3, -0.25) is 4.90 Å². The Bertz CT molecular complexity index is 1030. The van der Waals surface area contributed by atoms with E-state index in [0.29, 0.717) is 12.2 Å². The SMILES string of the molecule is CN1CCN(C2Cc3ccccc3S(=O)c3ccc(Cl)cc32)CC1.O=C(O)/C=C/C(=O)O. The predicted molar refractivity (Wildman–Crippen MR) is 122 cm³/mol. The molecule has 0 aliphatic carbocycles. The van der Waals surface area contributed by atoms with Gasteiger partial charge in [-0.1, -0.05) is 29.8 Å². The second-order valence-corrected chi connectivity index (χ2v) is 9.48. The summed E-state index contributed by atoms with van der Waals surface area (Å²) in [6, 6.07) is 14.2.